The molecule has 1 aliphatic heterocycles. The van der Waals surface area contributed by atoms with E-state index in [4.69, 9.17) is 22.1 Å². The summed E-state index contributed by atoms with van der Waals surface area (Å²) >= 11 is 5.96. The van der Waals surface area contributed by atoms with E-state index in [0.717, 1.165) is 16.9 Å². The quantitative estimate of drug-likeness (QED) is 0.855. The smallest absolute Gasteiger partial charge is 0.126 e. The Morgan fingerprint density at radius 1 is 1.16 bits per heavy atom. The highest BCUT2D eigenvalue weighted by Gasteiger charge is 2.27. The number of ether oxygens (including phenoxy) is 1. The maximum atomic E-state index is 12.9. The van der Waals surface area contributed by atoms with Crippen LogP contribution in [0.15, 0.2) is 42.5 Å². The number of benzene rings is 2. The number of hydrogen-bond donors (Lipinski definition) is 1. The summed E-state index contributed by atoms with van der Waals surface area (Å²) in [6.07, 6.45) is 0.503. The molecule has 98 valence electrons. The molecule has 19 heavy (non-hydrogen) atoms. The van der Waals surface area contributed by atoms with Crippen molar-refractivity contribution in [1.82, 2.24) is 0 Å². The fraction of sp³-hybridized carbons (Fsp3) is 0.200. The minimum atomic E-state index is -0.254. The molecule has 1 heterocycles. The van der Waals surface area contributed by atoms with Crippen LogP contribution in [0, 0.1) is 5.82 Å². The van der Waals surface area contributed by atoms with Crippen molar-refractivity contribution in [1.29, 1.82) is 0 Å². The Morgan fingerprint density at radius 3 is 2.63 bits per heavy atom. The predicted molar refractivity (Wildman–Crippen MR) is 72.8 cm³/mol. The predicted octanol–water partition coefficient (Wildman–Crippen LogP) is 4.00. The third kappa shape index (κ3) is 2.44. The highest BCUT2D eigenvalue weighted by molar-refractivity contribution is 6.30. The van der Waals surface area contributed by atoms with Crippen LogP contribution in [0.1, 0.15) is 29.7 Å². The molecule has 1 aliphatic rings. The van der Waals surface area contributed by atoms with Gasteiger partial charge in [-0.15, -0.1) is 0 Å². The van der Waals surface area contributed by atoms with Crippen molar-refractivity contribution in [3.8, 4) is 5.75 Å². The van der Waals surface area contributed by atoms with E-state index < -0.39 is 0 Å². The molecule has 0 bridgehead atoms. The highest BCUT2D eigenvalue weighted by atomic mass is 35.5. The standard InChI is InChI=1S/C15H13ClFNO/c16-10-3-6-14-12(7-10)13(18)8-15(19-14)9-1-4-11(17)5-2-9/h1-7,13,15H,8,18H2/t13-,15?/m0/s1. The zero-order valence-electron chi connectivity index (χ0n) is 10.1. The van der Waals surface area contributed by atoms with Gasteiger partial charge in [0.2, 0.25) is 0 Å². The molecular weight excluding hydrogens is 265 g/mol. The minimum absolute atomic E-state index is 0.127. The number of rotatable bonds is 1. The van der Waals surface area contributed by atoms with E-state index in [9.17, 15) is 4.39 Å². The first-order chi connectivity index (χ1) is 9.13. The van der Waals surface area contributed by atoms with E-state index in [0.29, 0.717) is 11.4 Å². The van der Waals surface area contributed by atoms with E-state index in [2.05, 4.69) is 0 Å². The second-order valence-corrected chi connectivity index (χ2v) is 5.12. The van der Waals surface area contributed by atoms with E-state index in [-0.39, 0.29) is 18.0 Å². The fourth-order valence-corrected chi connectivity index (χ4v) is 2.54. The SMILES string of the molecule is N[C@H]1CC(c2ccc(F)cc2)Oc2ccc(Cl)cc21. The summed E-state index contributed by atoms with van der Waals surface area (Å²) in [5.41, 5.74) is 8.01. The molecule has 2 N–H and O–H groups in total. The largest absolute Gasteiger partial charge is 0.485 e. The van der Waals surface area contributed by atoms with Gasteiger partial charge >= 0.3 is 0 Å². The molecule has 0 saturated carbocycles. The van der Waals surface area contributed by atoms with Crippen molar-refractivity contribution in [3.05, 3.63) is 64.4 Å². The third-order valence-electron chi connectivity index (χ3n) is 3.35. The average molecular weight is 278 g/mol. The summed E-state index contributed by atoms with van der Waals surface area (Å²) in [5.74, 6) is 0.494. The summed E-state index contributed by atoms with van der Waals surface area (Å²) < 4.78 is 18.9. The Labute approximate surface area is 115 Å². The second kappa shape index (κ2) is 4.83. The van der Waals surface area contributed by atoms with Gasteiger partial charge in [-0.2, -0.15) is 0 Å². The van der Waals surface area contributed by atoms with Crippen molar-refractivity contribution in [2.75, 3.05) is 0 Å². The van der Waals surface area contributed by atoms with Crippen molar-refractivity contribution >= 4 is 11.6 Å². The Morgan fingerprint density at radius 2 is 1.89 bits per heavy atom. The third-order valence-corrected chi connectivity index (χ3v) is 3.59. The van der Waals surface area contributed by atoms with Gasteiger partial charge in [0.25, 0.3) is 0 Å². The first-order valence-corrected chi connectivity index (χ1v) is 6.48. The average Bonchev–Trinajstić information content (AvgIpc) is 2.40. The molecule has 0 saturated heterocycles. The van der Waals surface area contributed by atoms with Gasteiger partial charge in [-0.1, -0.05) is 23.7 Å². The molecule has 2 nitrogen and oxygen atoms in total. The lowest BCUT2D eigenvalue weighted by Crippen LogP contribution is -2.24. The lowest BCUT2D eigenvalue weighted by Gasteiger charge is -2.30. The second-order valence-electron chi connectivity index (χ2n) is 4.68. The van der Waals surface area contributed by atoms with Crippen LogP contribution in [0.5, 0.6) is 5.75 Å². The lowest BCUT2D eigenvalue weighted by atomic mass is 9.93. The summed E-state index contributed by atoms with van der Waals surface area (Å²) in [6.45, 7) is 0. The van der Waals surface area contributed by atoms with Crippen LogP contribution in [0.4, 0.5) is 4.39 Å². The number of fused-ring (bicyclic) bond motifs is 1. The number of hydrogen-bond acceptors (Lipinski definition) is 2. The van der Waals surface area contributed by atoms with Crippen molar-refractivity contribution in [3.63, 3.8) is 0 Å². The summed E-state index contributed by atoms with van der Waals surface area (Å²) in [6, 6.07) is 11.6. The zero-order valence-corrected chi connectivity index (χ0v) is 10.9. The van der Waals surface area contributed by atoms with Crippen LogP contribution in [0.2, 0.25) is 5.02 Å². The Balaban J connectivity index is 1.92. The molecule has 0 amide bonds. The minimum Gasteiger partial charge on any atom is -0.485 e. The van der Waals surface area contributed by atoms with Crippen LogP contribution in [0.3, 0.4) is 0 Å². The van der Waals surface area contributed by atoms with Gasteiger partial charge in [-0.3, -0.25) is 0 Å². The van der Waals surface area contributed by atoms with Crippen molar-refractivity contribution in [2.24, 2.45) is 5.73 Å². The summed E-state index contributed by atoms with van der Waals surface area (Å²) in [4.78, 5) is 0. The molecule has 0 radical (unpaired) electrons. The fourth-order valence-electron chi connectivity index (χ4n) is 2.36. The van der Waals surface area contributed by atoms with Gasteiger partial charge in [0.15, 0.2) is 0 Å². The summed E-state index contributed by atoms with van der Waals surface area (Å²) in [7, 11) is 0. The Bertz CT molecular complexity index is 600. The van der Waals surface area contributed by atoms with Crippen molar-refractivity contribution < 1.29 is 9.13 Å². The maximum Gasteiger partial charge on any atom is 0.126 e. The molecule has 3 rings (SSSR count). The Hall–Kier alpha value is -1.58. The molecule has 2 atom stereocenters. The van der Waals surface area contributed by atoms with Gasteiger partial charge in [-0.05, 0) is 35.9 Å². The zero-order chi connectivity index (χ0) is 13.4. The lowest BCUT2D eigenvalue weighted by molar-refractivity contribution is 0.161. The van der Waals surface area contributed by atoms with E-state index in [1.165, 1.54) is 12.1 Å². The molecule has 0 spiro atoms. The topological polar surface area (TPSA) is 35.2 Å². The highest BCUT2D eigenvalue weighted by Crippen LogP contribution is 2.40. The van der Waals surface area contributed by atoms with Gasteiger partial charge < -0.3 is 10.5 Å². The molecule has 0 aliphatic carbocycles. The normalized spacial score (nSPS) is 21.6. The van der Waals surface area contributed by atoms with Crippen LogP contribution < -0.4 is 10.5 Å². The van der Waals surface area contributed by atoms with Crippen LogP contribution >= 0.6 is 11.6 Å². The van der Waals surface area contributed by atoms with Crippen LogP contribution in [0.25, 0.3) is 0 Å². The Kier molecular flexibility index (Phi) is 3.17. The number of nitrogens with two attached hydrogens (primary N) is 1. The van der Waals surface area contributed by atoms with Gasteiger partial charge in [0, 0.05) is 23.0 Å². The maximum absolute atomic E-state index is 12.9. The molecule has 1 unspecified atom stereocenters. The first kappa shape index (κ1) is 12.5. The van der Waals surface area contributed by atoms with Gasteiger partial charge in [0.1, 0.15) is 17.7 Å². The van der Waals surface area contributed by atoms with Crippen LogP contribution in [-0.2, 0) is 0 Å². The first-order valence-electron chi connectivity index (χ1n) is 6.10. The van der Waals surface area contributed by atoms with Crippen LogP contribution in [-0.4, -0.2) is 0 Å². The number of halogens is 2. The molecule has 2 aromatic carbocycles. The molecule has 0 aromatic heterocycles. The van der Waals surface area contributed by atoms with E-state index >= 15 is 0 Å². The molecule has 2 aromatic rings. The van der Waals surface area contributed by atoms with Gasteiger partial charge in [0.05, 0.1) is 0 Å². The molecule has 4 heteroatoms. The molecule has 0 fully saturated rings. The van der Waals surface area contributed by atoms with E-state index in [1.54, 1.807) is 18.2 Å². The monoisotopic (exact) mass is 277 g/mol. The molecular formula is C15H13ClFNO. The van der Waals surface area contributed by atoms with Gasteiger partial charge in [-0.25, -0.2) is 4.39 Å². The summed E-state index contributed by atoms with van der Waals surface area (Å²) in [5, 5.41) is 0.651. The van der Waals surface area contributed by atoms with E-state index in [1.807, 2.05) is 12.1 Å². The van der Waals surface area contributed by atoms with Crippen molar-refractivity contribution in [2.45, 2.75) is 18.6 Å².